The average Bonchev–Trinajstić information content (AvgIpc) is 2.81. The number of anilines is 1. The standard InChI is InChI=1S/C14H17NO/c1-10-2-3-12(11-5-8-16-9-6-11)13-4-7-15-14(10)13/h2-3,5,15H,4,6-9H2,1H3. The van der Waals surface area contributed by atoms with Crippen molar-refractivity contribution in [2.45, 2.75) is 19.8 Å². The normalized spacial score (nSPS) is 18.9. The first kappa shape index (κ1) is 9.91. The maximum atomic E-state index is 5.37. The van der Waals surface area contributed by atoms with Gasteiger partial charge in [-0.2, -0.15) is 0 Å². The molecule has 2 aliphatic heterocycles. The van der Waals surface area contributed by atoms with Gasteiger partial charge in [0, 0.05) is 12.2 Å². The first-order valence-electron chi connectivity index (χ1n) is 6.00. The molecule has 0 spiro atoms. The summed E-state index contributed by atoms with van der Waals surface area (Å²) in [5.41, 5.74) is 7.14. The van der Waals surface area contributed by atoms with Crippen LogP contribution in [0.1, 0.15) is 23.1 Å². The van der Waals surface area contributed by atoms with Crippen LogP contribution in [0.25, 0.3) is 5.57 Å². The van der Waals surface area contributed by atoms with Gasteiger partial charge < -0.3 is 10.1 Å². The van der Waals surface area contributed by atoms with Crippen molar-refractivity contribution in [1.29, 1.82) is 0 Å². The molecule has 0 unspecified atom stereocenters. The minimum absolute atomic E-state index is 0.769. The van der Waals surface area contributed by atoms with E-state index in [1.165, 1.54) is 28.0 Å². The minimum Gasteiger partial charge on any atom is -0.384 e. The summed E-state index contributed by atoms with van der Waals surface area (Å²) in [6.07, 6.45) is 4.44. The Morgan fingerprint density at radius 3 is 3.00 bits per heavy atom. The maximum Gasteiger partial charge on any atom is 0.0653 e. The predicted molar refractivity (Wildman–Crippen MR) is 66.8 cm³/mol. The van der Waals surface area contributed by atoms with E-state index >= 15 is 0 Å². The van der Waals surface area contributed by atoms with E-state index in [1.54, 1.807) is 0 Å². The highest BCUT2D eigenvalue weighted by Gasteiger charge is 2.18. The van der Waals surface area contributed by atoms with Crippen LogP contribution in [0.4, 0.5) is 5.69 Å². The summed E-state index contributed by atoms with van der Waals surface area (Å²) in [7, 11) is 0. The van der Waals surface area contributed by atoms with Crippen LogP contribution < -0.4 is 5.32 Å². The van der Waals surface area contributed by atoms with E-state index in [0.717, 1.165) is 32.6 Å². The molecule has 16 heavy (non-hydrogen) atoms. The van der Waals surface area contributed by atoms with Gasteiger partial charge in [0.05, 0.1) is 13.2 Å². The summed E-state index contributed by atoms with van der Waals surface area (Å²) < 4.78 is 5.37. The van der Waals surface area contributed by atoms with E-state index in [9.17, 15) is 0 Å². The van der Waals surface area contributed by atoms with Gasteiger partial charge in [-0.25, -0.2) is 0 Å². The van der Waals surface area contributed by atoms with E-state index in [-0.39, 0.29) is 0 Å². The van der Waals surface area contributed by atoms with Crippen LogP contribution in [0.15, 0.2) is 18.2 Å². The Morgan fingerprint density at radius 1 is 1.25 bits per heavy atom. The monoisotopic (exact) mass is 215 g/mol. The number of hydrogen-bond donors (Lipinski definition) is 1. The molecule has 0 saturated carbocycles. The van der Waals surface area contributed by atoms with Gasteiger partial charge >= 0.3 is 0 Å². The topological polar surface area (TPSA) is 21.3 Å². The largest absolute Gasteiger partial charge is 0.384 e. The lowest BCUT2D eigenvalue weighted by Crippen LogP contribution is -2.05. The number of ether oxygens (including phenoxy) is 1. The van der Waals surface area contributed by atoms with Gasteiger partial charge in [0.1, 0.15) is 0 Å². The minimum atomic E-state index is 0.769. The average molecular weight is 215 g/mol. The zero-order valence-electron chi connectivity index (χ0n) is 9.68. The molecule has 0 bridgehead atoms. The molecule has 2 heteroatoms. The van der Waals surface area contributed by atoms with Crippen molar-refractivity contribution in [3.63, 3.8) is 0 Å². The molecule has 0 radical (unpaired) electrons. The van der Waals surface area contributed by atoms with E-state index in [4.69, 9.17) is 4.74 Å². The fourth-order valence-corrected chi connectivity index (χ4v) is 2.66. The lowest BCUT2D eigenvalue weighted by Gasteiger charge is -2.17. The molecule has 1 aromatic rings. The molecule has 0 aliphatic carbocycles. The van der Waals surface area contributed by atoms with Crippen molar-refractivity contribution >= 4 is 11.3 Å². The molecular formula is C14H17NO. The smallest absolute Gasteiger partial charge is 0.0653 e. The predicted octanol–water partition coefficient (Wildman–Crippen LogP) is 2.77. The van der Waals surface area contributed by atoms with Gasteiger partial charge in [-0.3, -0.25) is 0 Å². The van der Waals surface area contributed by atoms with E-state index in [2.05, 4.69) is 30.4 Å². The molecule has 1 N–H and O–H groups in total. The zero-order valence-corrected chi connectivity index (χ0v) is 9.68. The van der Waals surface area contributed by atoms with Crippen molar-refractivity contribution in [3.8, 4) is 0 Å². The Hall–Kier alpha value is -1.28. The third kappa shape index (κ3) is 1.54. The fraction of sp³-hybridized carbons (Fsp3) is 0.429. The molecule has 2 heterocycles. The summed E-state index contributed by atoms with van der Waals surface area (Å²) >= 11 is 0. The number of hydrogen-bond acceptors (Lipinski definition) is 2. The van der Waals surface area contributed by atoms with Gasteiger partial charge in [-0.15, -0.1) is 0 Å². The summed E-state index contributed by atoms with van der Waals surface area (Å²) in [6, 6.07) is 4.50. The number of rotatable bonds is 1. The van der Waals surface area contributed by atoms with Gasteiger partial charge in [0.2, 0.25) is 0 Å². The Morgan fingerprint density at radius 2 is 2.19 bits per heavy atom. The second-order valence-electron chi connectivity index (χ2n) is 4.51. The molecule has 0 saturated heterocycles. The molecule has 0 fully saturated rings. The van der Waals surface area contributed by atoms with Crippen LogP contribution in [-0.2, 0) is 11.2 Å². The maximum absolute atomic E-state index is 5.37. The highest BCUT2D eigenvalue weighted by atomic mass is 16.5. The van der Waals surface area contributed by atoms with Gasteiger partial charge in [-0.05, 0) is 42.0 Å². The molecular weight excluding hydrogens is 198 g/mol. The zero-order chi connectivity index (χ0) is 11.0. The SMILES string of the molecule is Cc1ccc(C2=CCOCC2)c2c1NCC2. The van der Waals surface area contributed by atoms with E-state index in [1.807, 2.05) is 0 Å². The Bertz CT molecular complexity index is 448. The number of aryl methyl sites for hydroxylation is 1. The second-order valence-corrected chi connectivity index (χ2v) is 4.51. The van der Waals surface area contributed by atoms with Crippen molar-refractivity contribution in [1.82, 2.24) is 0 Å². The van der Waals surface area contributed by atoms with Crippen LogP contribution in [0.5, 0.6) is 0 Å². The molecule has 0 amide bonds. The molecule has 2 nitrogen and oxygen atoms in total. The summed E-state index contributed by atoms with van der Waals surface area (Å²) in [4.78, 5) is 0. The lowest BCUT2D eigenvalue weighted by molar-refractivity contribution is 0.161. The number of nitrogens with one attached hydrogen (secondary N) is 1. The van der Waals surface area contributed by atoms with E-state index in [0.29, 0.717) is 0 Å². The summed E-state index contributed by atoms with van der Waals surface area (Å²) in [5, 5.41) is 3.49. The summed E-state index contributed by atoms with van der Waals surface area (Å²) in [5.74, 6) is 0. The van der Waals surface area contributed by atoms with Crippen LogP contribution in [0.2, 0.25) is 0 Å². The Balaban J connectivity index is 2.08. The molecule has 1 aromatic carbocycles. The van der Waals surface area contributed by atoms with Gasteiger partial charge in [0.25, 0.3) is 0 Å². The second kappa shape index (κ2) is 3.95. The van der Waals surface area contributed by atoms with Crippen LogP contribution >= 0.6 is 0 Å². The first-order valence-corrected chi connectivity index (χ1v) is 6.00. The molecule has 84 valence electrons. The number of benzene rings is 1. The van der Waals surface area contributed by atoms with Gasteiger partial charge in [0.15, 0.2) is 0 Å². The quantitative estimate of drug-likeness (QED) is 0.777. The fourth-order valence-electron chi connectivity index (χ4n) is 2.66. The Kier molecular flexibility index (Phi) is 2.44. The molecule has 3 rings (SSSR count). The van der Waals surface area contributed by atoms with Crippen LogP contribution in [-0.4, -0.2) is 19.8 Å². The number of fused-ring (bicyclic) bond motifs is 1. The highest BCUT2D eigenvalue weighted by molar-refractivity contribution is 5.77. The third-order valence-corrected chi connectivity index (χ3v) is 3.51. The molecule has 2 aliphatic rings. The lowest BCUT2D eigenvalue weighted by atomic mass is 9.93. The van der Waals surface area contributed by atoms with Crippen LogP contribution in [0, 0.1) is 6.92 Å². The molecule has 0 atom stereocenters. The molecule has 0 aromatic heterocycles. The summed E-state index contributed by atoms with van der Waals surface area (Å²) in [6.45, 7) is 4.89. The third-order valence-electron chi connectivity index (χ3n) is 3.51. The van der Waals surface area contributed by atoms with E-state index < -0.39 is 0 Å². The van der Waals surface area contributed by atoms with Crippen molar-refractivity contribution in [2.24, 2.45) is 0 Å². The highest BCUT2D eigenvalue weighted by Crippen LogP contribution is 2.34. The van der Waals surface area contributed by atoms with Gasteiger partial charge in [-0.1, -0.05) is 18.2 Å². The first-order chi connectivity index (χ1) is 7.86. The van der Waals surface area contributed by atoms with Crippen molar-refractivity contribution < 1.29 is 4.74 Å². The Labute approximate surface area is 96.3 Å². The van der Waals surface area contributed by atoms with Crippen molar-refractivity contribution in [2.75, 3.05) is 25.1 Å². The van der Waals surface area contributed by atoms with Crippen LogP contribution in [0.3, 0.4) is 0 Å². The van der Waals surface area contributed by atoms with Crippen molar-refractivity contribution in [3.05, 3.63) is 34.9 Å².